The van der Waals surface area contributed by atoms with Crippen LogP contribution >= 0.6 is 0 Å². The van der Waals surface area contributed by atoms with Crippen molar-refractivity contribution in [3.05, 3.63) is 93.9 Å². The molecule has 4 rings (SSSR count). The van der Waals surface area contributed by atoms with Gasteiger partial charge in [0.05, 0.1) is 11.0 Å². The van der Waals surface area contributed by atoms with Gasteiger partial charge >= 0.3 is 0 Å². The summed E-state index contributed by atoms with van der Waals surface area (Å²) in [5.74, 6) is -0.224. The fraction of sp³-hybridized carbons (Fsp3) is 0.200. The lowest BCUT2D eigenvalue weighted by Gasteiger charge is -2.13. The van der Waals surface area contributed by atoms with Crippen molar-refractivity contribution in [2.24, 2.45) is 0 Å². The van der Waals surface area contributed by atoms with Crippen LogP contribution in [-0.2, 0) is 9.53 Å². The van der Waals surface area contributed by atoms with Gasteiger partial charge in [-0.2, -0.15) is 0 Å². The maximum Gasteiger partial charge on any atom is 0.270 e. The number of amides is 2. The first-order valence-corrected chi connectivity index (χ1v) is 10.8. The molecule has 2 heterocycles. The molecule has 0 unspecified atom stereocenters. The molecule has 1 fully saturated rings. The zero-order valence-electron chi connectivity index (χ0n) is 18.2. The zero-order chi connectivity index (χ0) is 23.9. The molecule has 3 aromatic rings. The van der Waals surface area contributed by atoms with Gasteiger partial charge in [-0.15, -0.1) is 0 Å². The van der Waals surface area contributed by atoms with Crippen molar-refractivity contribution in [2.45, 2.75) is 18.9 Å². The third-order valence-electron chi connectivity index (χ3n) is 5.30. The molecule has 9 heteroatoms. The Morgan fingerprint density at radius 2 is 1.91 bits per heavy atom. The number of nitro groups is 1. The summed E-state index contributed by atoms with van der Waals surface area (Å²) in [5, 5.41) is 16.5. The van der Waals surface area contributed by atoms with Crippen molar-refractivity contribution >= 4 is 23.6 Å². The largest absolute Gasteiger partial charge is 0.457 e. The monoisotopic (exact) mass is 461 g/mol. The lowest BCUT2D eigenvalue weighted by Crippen LogP contribution is -2.38. The first kappa shape index (κ1) is 22.9. The number of hydrogen-bond acceptors (Lipinski definition) is 6. The summed E-state index contributed by atoms with van der Waals surface area (Å²) in [6.07, 6.45) is 3.17. The van der Waals surface area contributed by atoms with Gasteiger partial charge in [0.15, 0.2) is 0 Å². The van der Waals surface area contributed by atoms with Gasteiger partial charge in [0.1, 0.15) is 17.2 Å². The minimum atomic E-state index is -0.483. The zero-order valence-corrected chi connectivity index (χ0v) is 18.2. The molecule has 1 aliphatic rings. The standard InChI is InChI=1S/C25H23N3O6/c29-24(17-6-2-1-3-7-17)27-22(25(30)26-16-21-10-5-13-33-21)15-20-11-12-23(34-20)18-8-4-9-19(14-18)28(31)32/h1-4,6-9,11-12,14-15,21H,5,10,13,16H2,(H,26,30)(H,27,29)/b22-15-/t21-/m0/s1. The third-order valence-corrected chi connectivity index (χ3v) is 5.30. The quantitative estimate of drug-likeness (QED) is 0.298. The number of nitrogens with zero attached hydrogens (tertiary/aromatic N) is 1. The van der Waals surface area contributed by atoms with E-state index in [9.17, 15) is 19.7 Å². The van der Waals surface area contributed by atoms with E-state index in [1.165, 1.54) is 18.2 Å². The lowest BCUT2D eigenvalue weighted by molar-refractivity contribution is -0.384. The van der Waals surface area contributed by atoms with E-state index in [-0.39, 0.29) is 17.5 Å². The molecule has 34 heavy (non-hydrogen) atoms. The van der Waals surface area contributed by atoms with Crippen LogP contribution in [0.2, 0.25) is 0 Å². The summed E-state index contributed by atoms with van der Waals surface area (Å²) in [6.45, 7) is 0.995. The molecule has 0 radical (unpaired) electrons. The van der Waals surface area contributed by atoms with Crippen molar-refractivity contribution in [2.75, 3.05) is 13.2 Å². The van der Waals surface area contributed by atoms with E-state index in [0.717, 1.165) is 12.8 Å². The highest BCUT2D eigenvalue weighted by molar-refractivity contribution is 6.05. The Morgan fingerprint density at radius 1 is 1.09 bits per heavy atom. The fourth-order valence-electron chi connectivity index (χ4n) is 3.55. The second-order valence-electron chi connectivity index (χ2n) is 7.73. The van der Waals surface area contributed by atoms with Crippen LogP contribution in [0.3, 0.4) is 0 Å². The predicted octanol–water partition coefficient (Wildman–Crippen LogP) is 3.92. The van der Waals surface area contributed by atoms with Gasteiger partial charge in [-0.05, 0) is 37.1 Å². The van der Waals surface area contributed by atoms with Crippen molar-refractivity contribution < 1.29 is 23.7 Å². The van der Waals surface area contributed by atoms with Gasteiger partial charge < -0.3 is 19.8 Å². The number of furan rings is 1. The normalized spacial score (nSPS) is 15.6. The van der Waals surface area contributed by atoms with Gasteiger partial charge in [0, 0.05) is 42.5 Å². The Bertz CT molecular complexity index is 1210. The Balaban J connectivity index is 1.56. The van der Waals surface area contributed by atoms with Gasteiger partial charge in [-0.1, -0.05) is 30.3 Å². The van der Waals surface area contributed by atoms with Crippen LogP contribution < -0.4 is 10.6 Å². The van der Waals surface area contributed by atoms with Crippen LogP contribution in [0.1, 0.15) is 29.0 Å². The highest BCUT2D eigenvalue weighted by atomic mass is 16.6. The summed E-state index contributed by atoms with van der Waals surface area (Å²) in [4.78, 5) is 36.2. The highest BCUT2D eigenvalue weighted by Crippen LogP contribution is 2.26. The Kier molecular flexibility index (Phi) is 7.14. The highest BCUT2D eigenvalue weighted by Gasteiger charge is 2.20. The van der Waals surface area contributed by atoms with Crippen molar-refractivity contribution in [3.63, 3.8) is 0 Å². The van der Waals surface area contributed by atoms with Gasteiger partial charge in [0.2, 0.25) is 0 Å². The Labute approximate surface area is 195 Å². The second kappa shape index (κ2) is 10.6. The van der Waals surface area contributed by atoms with Crippen LogP contribution in [-0.4, -0.2) is 36.0 Å². The van der Waals surface area contributed by atoms with E-state index in [1.54, 1.807) is 54.6 Å². The number of nitrogens with one attached hydrogen (secondary N) is 2. The van der Waals surface area contributed by atoms with Crippen molar-refractivity contribution in [1.82, 2.24) is 10.6 Å². The molecule has 1 saturated heterocycles. The van der Waals surface area contributed by atoms with Crippen molar-refractivity contribution in [1.29, 1.82) is 0 Å². The fourth-order valence-corrected chi connectivity index (χ4v) is 3.55. The molecule has 0 aliphatic carbocycles. The van der Waals surface area contributed by atoms with E-state index in [4.69, 9.17) is 9.15 Å². The first-order chi connectivity index (χ1) is 16.5. The minimum Gasteiger partial charge on any atom is -0.457 e. The van der Waals surface area contributed by atoms with Crippen LogP contribution in [0.25, 0.3) is 17.4 Å². The molecule has 9 nitrogen and oxygen atoms in total. The van der Waals surface area contributed by atoms with Gasteiger partial charge in [-0.3, -0.25) is 19.7 Å². The number of rotatable bonds is 8. The molecule has 0 bridgehead atoms. The molecule has 0 saturated carbocycles. The minimum absolute atomic E-state index is 0.00629. The third kappa shape index (κ3) is 5.76. The molecule has 1 atom stereocenters. The Hall–Kier alpha value is -4.24. The van der Waals surface area contributed by atoms with Crippen LogP contribution in [0, 0.1) is 10.1 Å². The number of non-ortho nitro benzene ring substituents is 1. The summed E-state index contributed by atoms with van der Waals surface area (Å²) in [7, 11) is 0. The second-order valence-corrected chi connectivity index (χ2v) is 7.73. The number of benzene rings is 2. The maximum atomic E-state index is 12.9. The van der Waals surface area contributed by atoms with Crippen LogP contribution in [0.4, 0.5) is 5.69 Å². The van der Waals surface area contributed by atoms with Gasteiger partial charge in [0.25, 0.3) is 17.5 Å². The van der Waals surface area contributed by atoms with E-state index in [0.29, 0.717) is 35.8 Å². The molecule has 2 N–H and O–H groups in total. The molecular weight excluding hydrogens is 438 g/mol. The number of carbonyl (C=O) groups is 2. The molecular formula is C25H23N3O6. The smallest absolute Gasteiger partial charge is 0.270 e. The number of carbonyl (C=O) groups excluding carboxylic acids is 2. The van der Waals surface area contributed by atoms with Gasteiger partial charge in [-0.25, -0.2) is 0 Å². The van der Waals surface area contributed by atoms with E-state index in [1.807, 2.05) is 0 Å². The summed E-state index contributed by atoms with van der Waals surface area (Å²) in [6, 6.07) is 17.8. The lowest BCUT2D eigenvalue weighted by atomic mass is 10.1. The summed E-state index contributed by atoms with van der Waals surface area (Å²) >= 11 is 0. The average Bonchev–Trinajstić information content (AvgIpc) is 3.55. The van der Waals surface area contributed by atoms with E-state index in [2.05, 4.69) is 10.6 Å². The Morgan fingerprint density at radius 3 is 2.65 bits per heavy atom. The number of ether oxygens (including phenoxy) is 1. The number of nitro benzene ring substituents is 1. The molecule has 2 aromatic carbocycles. The van der Waals surface area contributed by atoms with Crippen LogP contribution in [0.5, 0.6) is 0 Å². The maximum absolute atomic E-state index is 12.9. The molecule has 2 amide bonds. The summed E-state index contributed by atoms with van der Waals surface area (Å²) in [5.41, 5.74) is 0.866. The SMILES string of the molecule is O=C(NC[C@@H]1CCCO1)/C(=C/c1ccc(-c2cccc([N+](=O)[O-])c2)o1)NC(=O)c1ccccc1. The summed E-state index contributed by atoms with van der Waals surface area (Å²) < 4.78 is 11.3. The first-order valence-electron chi connectivity index (χ1n) is 10.8. The predicted molar refractivity (Wildman–Crippen MR) is 125 cm³/mol. The molecule has 0 spiro atoms. The van der Waals surface area contributed by atoms with Crippen LogP contribution in [0.15, 0.2) is 76.8 Å². The molecule has 1 aromatic heterocycles. The number of hydrogen-bond donors (Lipinski definition) is 2. The van der Waals surface area contributed by atoms with E-state index >= 15 is 0 Å². The van der Waals surface area contributed by atoms with E-state index < -0.39 is 16.7 Å². The van der Waals surface area contributed by atoms with Crippen molar-refractivity contribution in [3.8, 4) is 11.3 Å². The molecule has 174 valence electrons. The average molecular weight is 461 g/mol. The molecule has 1 aliphatic heterocycles. The topological polar surface area (TPSA) is 124 Å².